The molecule has 1 aromatic carbocycles. The molecule has 0 aliphatic heterocycles. The first-order valence-corrected chi connectivity index (χ1v) is 8.14. The molecule has 2 heterocycles. The number of aryl methyl sites for hydroxylation is 1. The number of aliphatic hydroxyl groups is 1. The van der Waals surface area contributed by atoms with Gasteiger partial charge in [0, 0.05) is 23.7 Å². The maximum Gasteiger partial charge on any atom is 0.266 e. The SMILES string of the molecule is Cn1nc(CC(=O)c2cc(-c3ccc(CO)c(Cl)c3)ncn2)ccc1=O. The fourth-order valence-corrected chi connectivity index (χ4v) is 2.64. The Bertz CT molecular complexity index is 1030. The van der Waals surface area contributed by atoms with E-state index in [2.05, 4.69) is 15.1 Å². The lowest BCUT2D eigenvalue weighted by Gasteiger charge is -2.06. The van der Waals surface area contributed by atoms with Gasteiger partial charge in [-0.25, -0.2) is 14.6 Å². The molecule has 0 bridgehead atoms. The zero-order valence-corrected chi connectivity index (χ0v) is 14.6. The van der Waals surface area contributed by atoms with Crippen molar-refractivity contribution in [2.45, 2.75) is 13.0 Å². The van der Waals surface area contributed by atoms with Crippen LogP contribution in [0.2, 0.25) is 5.02 Å². The van der Waals surface area contributed by atoms with Gasteiger partial charge in [0.2, 0.25) is 0 Å². The summed E-state index contributed by atoms with van der Waals surface area (Å²) in [6.07, 6.45) is 1.33. The Balaban J connectivity index is 1.86. The molecule has 7 nitrogen and oxygen atoms in total. The number of aliphatic hydroxyl groups excluding tert-OH is 1. The molecule has 0 atom stereocenters. The summed E-state index contributed by atoms with van der Waals surface area (Å²) in [5.41, 5.74) is 2.35. The number of nitrogens with zero attached hydrogens (tertiary/aromatic N) is 4. The van der Waals surface area contributed by atoms with Gasteiger partial charge < -0.3 is 5.11 Å². The van der Waals surface area contributed by atoms with E-state index in [0.717, 1.165) is 0 Å². The summed E-state index contributed by atoms with van der Waals surface area (Å²) < 4.78 is 1.18. The molecular weight excluding hydrogens is 356 g/mol. The van der Waals surface area contributed by atoms with Crippen LogP contribution in [-0.4, -0.2) is 30.6 Å². The number of halogens is 1. The zero-order chi connectivity index (χ0) is 18.7. The monoisotopic (exact) mass is 370 g/mol. The zero-order valence-electron chi connectivity index (χ0n) is 13.9. The van der Waals surface area contributed by atoms with Crippen LogP contribution in [0, 0.1) is 0 Å². The number of hydrogen-bond acceptors (Lipinski definition) is 6. The third-order valence-corrected chi connectivity index (χ3v) is 4.18. The summed E-state index contributed by atoms with van der Waals surface area (Å²) in [4.78, 5) is 32.1. The van der Waals surface area contributed by atoms with E-state index in [1.54, 1.807) is 24.3 Å². The fourth-order valence-electron chi connectivity index (χ4n) is 2.40. The van der Waals surface area contributed by atoms with Crippen molar-refractivity contribution in [1.82, 2.24) is 19.7 Å². The number of ketones is 1. The highest BCUT2D eigenvalue weighted by molar-refractivity contribution is 6.31. The van der Waals surface area contributed by atoms with Crippen LogP contribution in [0.1, 0.15) is 21.7 Å². The molecule has 0 aliphatic carbocycles. The first-order valence-electron chi connectivity index (χ1n) is 7.76. The second kappa shape index (κ2) is 7.55. The first kappa shape index (κ1) is 17.9. The van der Waals surface area contributed by atoms with Crippen LogP contribution in [0.5, 0.6) is 0 Å². The Hall–Kier alpha value is -2.90. The smallest absolute Gasteiger partial charge is 0.266 e. The summed E-state index contributed by atoms with van der Waals surface area (Å²) >= 11 is 6.11. The average Bonchev–Trinajstić information content (AvgIpc) is 2.64. The summed E-state index contributed by atoms with van der Waals surface area (Å²) in [7, 11) is 1.53. The lowest BCUT2D eigenvalue weighted by Crippen LogP contribution is -2.20. The van der Waals surface area contributed by atoms with E-state index < -0.39 is 0 Å². The van der Waals surface area contributed by atoms with Crippen molar-refractivity contribution >= 4 is 17.4 Å². The van der Waals surface area contributed by atoms with Gasteiger partial charge in [-0.3, -0.25) is 9.59 Å². The van der Waals surface area contributed by atoms with Crippen LogP contribution in [0.3, 0.4) is 0 Å². The molecule has 132 valence electrons. The molecule has 1 N–H and O–H groups in total. The van der Waals surface area contributed by atoms with Crippen molar-refractivity contribution in [3.63, 3.8) is 0 Å². The minimum Gasteiger partial charge on any atom is -0.392 e. The number of carbonyl (C=O) groups is 1. The van der Waals surface area contributed by atoms with Gasteiger partial charge in [-0.15, -0.1) is 0 Å². The fraction of sp³-hybridized carbons (Fsp3) is 0.167. The third-order valence-electron chi connectivity index (χ3n) is 3.83. The Kier molecular flexibility index (Phi) is 5.20. The lowest BCUT2D eigenvalue weighted by molar-refractivity contribution is 0.0986. The third kappa shape index (κ3) is 3.84. The minimum absolute atomic E-state index is 0.0226. The van der Waals surface area contributed by atoms with E-state index in [4.69, 9.17) is 11.6 Å². The van der Waals surface area contributed by atoms with Crippen molar-refractivity contribution in [1.29, 1.82) is 0 Å². The molecule has 0 spiro atoms. The number of benzene rings is 1. The van der Waals surface area contributed by atoms with Gasteiger partial charge in [0.05, 0.1) is 24.4 Å². The quantitative estimate of drug-likeness (QED) is 0.688. The van der Waals surface area contributed by atoms with E-state index in [9.17, 15) is 14.7 Å². The van der Waals surface area contributed by atoms with E-state index in [1.165, 1.54) is 30.2 Å². The first-order chi connectivity index (χ1) is 12.5. The van der Waals surface area contributed by atoms with Gasteiger partial charge in [0.1, 0.15) is 12.0 Å². The second-order valence-corrected chi connectivity index (χ2v) is 6.05. The average molecular weight is 371 g/mol. The number of aromatic nitrogens is 4. The van der Waals surface area contributed by atoms with Gasteiger partial charge >= 0.3 is 0 Å². The van der Waals surface area contributed by atoms with Crippen molar-refractivity contribution in [3.8, 4) is 11.3 Å². The van der Waals surface area contributed by atoms with Gasteiger partial charge in [-0.05, 0) is 23.8 Å². The van der Waals surface area contributed by atoms with E-state index in [-0.39, 0.29) is 30.1 Å². The number of carbonyl (C=O) groups excluding carboxylic acids is 1. The Morgan fingerprint density at radius 2 is 2.00 bits per heavy atom. The second-order valence-electron chi connectivity index (χ2n) is 5.64. The largest absolute Gasteiger partial charge is 0.392 e. The maximum absolute atomic E-state index is 12.5. The predicted octanol–water partition coefficient (Wildman–Crippen LogP) is 1.81. The topological polar surface area (TPSA) is 98.0 Å². The van der Waals surface area contributed by atoms with E-state index >= 15 is 0 Å². The highest BCUT2D eigenvalue weighted by atomic mass is 35.5. The molecule has 0 saturated carbocycles. The lowest BCUT2D eigenvalue weighted by atomic mass is 10.1. The molecule has 2 aromatic heterocycles. The van der Waals surface area contributed by atoms with Crippen molar-refractivity contribution in [3.05, 3.63) is 75.1 Å². The van der Waals surface area contributed by atoms with Crippen LogP contribution in [0.25, 0.3) is 11.3 Å². The molecular formula is C18H15ClN4O3. The summed E-state index contributed by atoms with van der Waals surface area (Å²) in [5.74, 6) is -0.238. The van der Waals surface area contributed by atoms with Gasteiger partial charge in [0.25, 0.3) is 5.56 Å². The Morgan fingerprint density at radius 3 is 2.69 bits per heavy atom. The standard InChI is InChI=1S/C18H15ClN4O3/c1-23-18(26)5-4-13(22-23)7-17(25)16-8-15(20-10-21-16)11-2-3-12(9-24)14(19)6-11/h2-6,8,10,24H,7,9H2,1H3. The minimum atomic E-state index is -0.242. The molecule has 26 heavy (non-hydrogen) atoms. The van der Waals surface area contributed by atoms with Gasteiger partial charge in [-0.2, -0.15) is 5.10 Å². The van der Waals surface area contributed by atoms with Gasteiger partial charge in [0.15, 0.2) is 5.78 Å². The highest BCUT2D eigenvalue weighted by Gasteiger charge is 2.13. The summed E-state index contributed by atoms with van der Waals surface area (Å²) in [5, 5.41) is 13.7. The van der Waals surface area contributed by atoms with Crippen LogP contribution in [-0.2, 0) is 20.1 Å². The molecule has 3 rings (SSSR count). The molecule has 0 unspecified atom stereocenters. The van der Waals surface area contributed by atoms with Crippen molar-refractivity contribution < 1.29 is 9.90 Å². The van der Waals surface area contributed by atoms with Crippen LogP contribution >= 0.6 is 11.6 Å². The summed E-state index contributed by atoms with van der Waals surface area (Å²) in [6.45, 7) is -0.154. The molecule has 0 saturated heterocycles. The van der Waals surface area contributed by atoms with Gasteiger partial charge in [-0.1, -0.05) is 23.7 Å². The molecule has 0 amide bonds. The van der Waals surface area contributed by atoms with E-state index in [0.29, 0.717) is 27.5 Å². The van der Waals surface area contributed by atoms with Crippen LogP contribution in [0.4, 0.5) is 0 Å². The number of rotatable bonds is 5. The van der Waals surface area contributed by atoms with Crippen molar-refractivity contribution in [2.75, 3.05) is 0 Å². The molecule has 3 aromatic rings. The molecule has 0 fully saturated rings. The maximum atomic E-state index is 12.5. The molecule has 0 radical (unpaired) electrons. The normalized spacial score (nSPS) is 10.7. The van der Waals surface area contributed by atoms with Crippen LogP contribution in [0.15, 0.2) is 47.5 Å². The number of hydrogen-bond donors (Lipinski definition) is 1. The van der Waals surface area contributed by atoms with Crippen LogP contribution < -0.4 is 5.56 Å². The van der Waals surface area contributed by atoms with Crippen molar-refractivity contribution in [2.24, 2.45) is 7.05 Å². The summed E-state index contributed by atoms with van der Waals surface area (Å²) in [6, 6.07) is 9.62. The Morgan fingerprint density at radius 1 is 1.19 bits per heavy atom. The van der Waals surface area contributed by atoms with E-state index in [1.807, 2.05) is 0 Å². The number of Topliss-reactive ketones (excluding diaryl/α,β-unsaturated/α-hetero) is 1. The molecule has 8 heteroatoms. The molecule has 0 aliphatic rings. The Labute approximate surface area is 153 Å². The predicted molar refractivity (Wildman–Crippen MR) is 95.9 cm³/mol. The highest BCUT2D eigenvalue weighted by Crippen LogP contribution is 2.24.